The zero-order valence-corrected chi connectivity index (χ0v) is 15.9. The highest BCUT2D eigenvalue weighted by Gasteiger charge is 2.16. The largest absolute Gasteiger partial charge is 0.507 e. The van der Waals surface area contributed by atoms with E-state index in [0.717, 1.165) is 0 Å². The third-order valence-corrected chi connectivity index (χ3v) is 3.95. The summed E-state index contributed by atoms with van der Waals surface area (Å²) in [6.45, 7) is 0. The van der Waals surface area contributed by atoms with Gasteiger partial charge in [0.25, 0.3) is 0 Å². The van der Waals surface area contributed by atoms with Crippen LogP contribution in [0.5, 0.6) is 28.7 Å². The Labute approximate surface area is 158 Å². The molecule has 0 saturated heterocycles. The summed E-state index contributed by atoms with van der Waals surface area (Å²) < 4.78 is 21.0. The highest BCUT2D eigenvalue weighted by Crippen LogP contribution is 2.38. The molecule has 7 heteroatoms. The molecule has 0 bridgehead atoms. The minimum absolute atomic E-state index is 0.0673. The van der Waals surface area contributed by atoms with Gasteiger partial charge in [0.2, 0.25) is 5.75 Å². The van der Waals surface area contributed by atoms with Crippen molar-refractivity contribution in [1.82, 2.24) is 0 Å². The van der Waals surface area contributed by atoms with E-state index in [1.54, 1.807) is 31.3 Å². The standard InChI is InChI=1S/C20H23NO6/c1-21-14(11-15(22)12-6-7-17(24-2)16(23)8-12)13-9-18(25-3)20(27-5)19(10-13)26-4/h6-11,22-23H,1-5H3/b15-11-,21-14+. The van der Waals surface area contributed by atoms with Gasteiger partial charge < -0.3 is 29.2 Å². The van der Waals surface area contributed by atoms with Crippen molar-refractivity contribution in [3.63, 3.8) is 0 Å². The van der Waals surface area contributed by atoms with E-state index in [1.807, 2.05) is 0 Å². The average molecular weight is 373 g/mol. The molecule has 0 amide bonds. The molecule has 0 saturated carbocycles. The maximum atomic E-state index is 10.5. The van der Waals surface area contributed by atoms with E-state index >= 15 is 0 Å². The number of aliphatic hydroxyl groups is 1. The Kier molecular flexibility index (Phi) is 6.54. The van der Waals surface area contributed by atoms with Crippen molar-refractivity contribution in [2.45, 2.75) is 0 Å². The minimum atomic E-state index is -0.0716. The van der Waals surface area contributed by atoms with Crippen LogP contribution in [0.3, 0.4) is 0 Å². The minimum Gasteiger partial charge on any atom is -0.507 e. The number of methoxy groups -OCH3 is 4. The van der Waals surface area contributed by atoms with Crippen molar-refractivity contribution in [3.05, 3.63) is 47.5 Å². The molecule has 27 heavy (non-hydrogen) atoms. The van der Waals surface area contributed by atoms with Crippen molar-refractivity contribution >= 4 is 11.5 Å². The number of ether oxygens (including phenoxy) is 4. The summed E-state index contributed by atoms with van der Waals surface area (Å²) in [6.07, 6.45) is 1.49. The Morgan fingerprint density at radius 3 is 1.89 bits per heavy atom. The van der Waals surface area contributed by atoms with Crippen LogP contribution in [-0.4, -0.2) is 51.4 Å². The normalized spacial score (nSPS) is 11.9. The van der Waals surface area contributed by atoms with Crippen LogP contribution >= 0.6 is 0 Å². The summed E-state index contributed by atoms with van der Waals surface area (Å²) in [5.41, 5.74) is 1.57. The number of allylic oxidation sites excluding steroid dienone is 1. The Morgan fingerprint density at radius 1 is 0.852 bits per heavy atom. The molecule has 2 aromatic carbocycles. The van der Waals surface area contributed by atoms with Gasteiger partial charge in [0.1, 0.15) is 5.76 Å². The van der Waals surface area contributed by atoms with Crippen molar-refractivity contribution in [2.75, 3.05) is 35.5 Å². The Hall–Kier alpha value is -3.35. The predicted molar refractivity (Wildman–Crippen MR) is 104 cm³/mol. The number of phenolic OH excluding ortho intramolecular Hbond substituents is 1. The summed E-state index contributed by atoms with van der Waals surface area (Å²) in [5, 5.41) is 20.4. The highest BCUT2D eigenvalue weighted by molar-refractivity contribution is 6.12. The van der Waals surface area contributed by atoms with Crippen molar-refractivity contribution in [2.24, 2.45) is 4.99 Å². The number of hydrogen-bond donors (Lipinski definition) is 2. The molecule has 0 aromatic heterocycles. The Balaban J connectivity index is 2.48. The summed E-state index contributed by atoms with van der Waals surface area (Å²) in [5.74, 6) is 1.60. The molecule has 0 radical (unpaired) electrons. The van der Waals surface area contributed by atoms with Crippen molar-refractivity contribution < 1.29 is 29.2 Å². The molecule has 2 aromatic rings. The second-order valence-corrected chi connectivity index (χ2v) is 5.44. The second kappa shape index (κ2) is 8.84. The zero-order chi connectivity index (χ0) is 20.0. The molecule has 0 aliphatic heterocycles. The van der Waals surface area contributed by atoms with Crippen LogP contribution in [0.2, 0.25) is 0 Å². The summed E-state index contributed by atoms with van der Waals surface area (Å²) >= 11 is 0. The molecule has 0 atom stereocenters. The maximum Gasteiger partial charge on any atom is 0.203 e. The molecule has 0 unspecified atom stereocenters. The molecular weight excluding hydrogens is 350 g/mol. The van der Waals surface area contributed by atoms with E-state index in [9.17, 15) is 10.2 Å². The maximum absolute atomic E-state index is 10.5. The van der Waals surface area contributed by atoms with Crippen LogP contribution < -0.4 is 18.9 Å². The number of rotatable bonds is 7. The number of aliphatic imine (C=N–C) groups is 1. The first-order chi connectivity index (χ1) is 13.0. The average Bonchev–Trinajstić information content (AvgIpc) is 2.70. The lowest BCUT2D eigenvalue weighted by molar-refractivity contribution is 0.324. The van der Waals surface area contributed by atoms with Crippen LogP contribution in [0.1, 0.15) is 11.1 Å². The number of aliphatic hydroxyl groups excluding tert-OH is 1. The van der Waals surface area contributed by atoms with Crippen LogP contribution in [0, 0.1) is 0 Å². The lowest BCUT2D eigenvalue weighted by atomic mass is 10.1. The first-order valence-electron chi connectivity index (χ1n) is 8.04. The molecule has 0 heterocycles. The zero-order valence-electron chi connectivity index (χ0n) is 15.9. The van der Waals surface area contributed by atoms with E-state index < -0.39 is 0 Å². The fourth-order valence-corrected chi connectivity index (χ4v) is 2.57. The van der Waals surface area contributed by atoms with E-state index in [-0.39, 0.29) is 11.5 Å². The second-order valence-electron chi connectivity index (χ2n) is 5.44. The lowest BCUT2D eigenvalue weighted by Crippen LogP contribution is -2.03. The highest BCUT2D eigenvalue weighted by atomic mass is 16.5. The summed E-state index contributed by atoms with van der Waals surface area (Å²) in [4.78, 5) is 4.23. The smallest absolute Gasteiger partial charge is 0.203 e. The van der Waals surface area contributed by atoms with Crippen LogP contribution in [0.15, 0.2) is 41.4 Å². The van der Waals surface area contributed by atoms with Crippen LogP contribution in [-0.2, 0) is 0 Å². The Bertz CT molecular complexity index is 848. The van der Waals surface area contributed by atoms with Gasteiger partial charge in [0.15, 0.2) is 23.0 Å². The quantitative estimate of drug-likeness (QED) is 0.571. The van der Waals surface area contributed by atoms with E-state index in [1.165, 1.54) is 40.6 Å². The number of benzene rings is 2. The number of nitrogens with zero attached hydrogens (tertiary/aromatic N) is 1. The molecule has 2 rings (SSSR count). The first kappa shape index (κ1) is 20.0. The lowest BCUT2D eigenvalue weighted by Gasteiger charge is -2.14. The number of aromatic hydroxyl groups is 1. The van der Waals surface area contributed by atoms with Gasteiger partial charge in [0, 0.05) is 24.3 Å². The van der Waals surface area contributed by atoms with Gasteiger partial charge in [-0.05, 0) is 30.3 Å². The van der Waals surface area contributed by atoms with Gasteiger partial charge in [0.05, 0.1) is 34.2 Å². The fourth-order valence-electron chi connectivity index (χ4n) is 2.57. The molecule has 0 aliphatic rings. The van der Waals surface area contributed by atoms with E-state index in [0.29, 0.717) is 39.8 Å². The molecule has 0 fully saturated rings. The van der Waals surface area contributed by atoms with Gasteiger partial charge in [-0.3, -0.25) is 4.99 Å². The van der Waals surface area contributed by atoms with Gasteiger partial charge in [-0.25, -0.2) is 0 Å². The van der Waals surface area contributed by atoms with E-state index in [4.69, 9.17) is 18.9 Å². The van der Waals surface area contributed by atoms with Gasteiger partial charge >= 0.3 is 0 Å². The molecule has 2 N–H and O–H groups in total. The van der Waals surface area contributed by atoms with Crippen LogP contribution in [0.25, 0.3) is 5.76 Å². The summed E-state index contributed by atoms with van der Waals surface area (Å²) in [6, 6.07) is 8.08. The summed E-state index contributed by atoms with van der Waals surface area (Å²) in [7, 11) is 7.63. The number of hydrogen-bond acceptors (Lipinski definition) is 7. The predicted octanol–water partition coefficient (Wildman–Crippen LogP) is 3.44. The molecule has 0 aliphatic carbocycles. The SMILES string of the molecule is C/N=C(\C=C(/O)c1ccc(OC)c(O)c1)c1cc(OC)c(OC)c(OC)c1. The molecular formula is C20H23NO6. The fraction of sp³-hybridized carbons (Fsp3) is 0.250. The van der Waals surface area contributed by atoms with Crippen molar-refractivity contribution in [1.29, 1.82) is 0 Å². The molecule has 7 nitrogen and oxygen atoms in total. The van der Waals surface area contributed by atoms with Crippen molar-refractivity contribution in [3.8, 4) is 28.7 Å². The Morgan fingerprint density at radius 2 is 1.44 bits per heavy atom. The third kappa shape index (κ3) is 4.25. The molecule has 0 spiro atoms. The van der Waals surface area contributed by atoms with Crippen LogP contribution in [0.4, 0.5) is 0 Å². The number of phenols is 1. The van der Waals surface area contributed by atoms with Gasteiger partial charge in [-0.1, -0.05) is 0 Å². The van der Waals surface area contributed by atoms with E-state index in [2.05, 4.69) is 4.99 Å². The van der Waals surface area contributed by atoms with Gasteiger partial charge in [-0.2, -0.15) is 0 Å². The monoisotopic (exact) mass is 373 g/mol. The third-order valence-electron chi connectivity index (χ3n) is 3.95. The first-order valence-corrected chi connectivity index (χ1v) is 8.04. The topological polar surface area (TPSA) is 89.7 Å². The van der Waals surface area contributed by atoms with Gasteiger partial charge in [-0.15, -0.1) is 0 Å². The molecule has 144 valence electrons.